The molecule has 206 valence electrons. The van der Waals surface area contributed by atoms with E-state index in [0.717, 1.165) is 0 Å². The number of aliphatic hydroxyl groups excluding tert-OH is 1. The van der Waals surface area contributed by atoms with Gasteiger partial charge >= 0.3 is 0 Å². The van der Waals surface area contributed by atoms with Crippen molar-refractivity contribution in [1.29, 1.82) is 0 Å². The minimum absolute atomic E-state index is 0.00481. The first-order valence-electron chi connectivity index (χ1n) is 12.1. The first-order valence-corrected chi connectivity index (χ1v) is 13.5. The molecular formula is C29H29ClF2N2O4S. The lowest BCUT2D eigenvalue weighted by atomic mass is 9.83. The lowest BCUT2D eigenvalue weighted by Gasteiger charge is -2.27. The minimum atomic E-state index is -1.94. The Balaban J connectivity index is 1.84. The van der Waals surface area contributed by atoms with Crippen molar-refractivity contribution in [2.45, 2.75) is 50.2 Å². The molecule has 0 saturated carbocycles. The lowest BCUT2D eigenvalue weighted by Crippen LogP contribution is -2.25. The highest BCUT2D eigenvalue weighted by Gasteiger charge is 2.34. The van der Waals surface area contributed by atoms with Crippen molar-refractivity contribution >= 4 is 22.7 Å². The zero-order valence-corrected chi connectivity index (χ0v) is 23.7. The van der Waals surface area contributed by atoms with Crippen LogP contribution < -0.4 is 0 Å². The van der Waals surface area contributed by atoms with Gasteiger partial charge in [-0.05, 0) is 74.7 Å². The van der Waals surface area contributed by atoms with Crippen molar-refractivity contribution in [2.75, 3.05) is 7.11 Å². The Kier molecular flexibility index (Phi) is 8.12. The van der Waals surface area contributed by atoms with Crippen molar-refractivity contribution in [3.8, 4) is 16.8 Å². The van der Waals surface area contributed by atoms with Crippen molar-refractivity contribution < 1.29 is 27.4 Å². The summed E-state index contributed by atoms with van der Waals surface area (Å²) in [6.07, 6.45) is 1.72. The minimum Gasteiger partial charge on any atom is -0.392 e. The summed E-state index contributed by atoms with van der Waals surface area (Å²) in [5.41, 5.74) is 0.523. The van der Waals surface area contributed by atoms with E-state index in [9.17, 15) is 23.2 Å². The second-order valence-corrected chi connectivity index (χ2v) is 11.8. The summed E-state index contributed by atoms with van der Waals surface area (Å²) in [7, 11) is 1.24. The molecule has 39 heavy (non-hydrogen) atoms. The SMILES string of the molecule is COS(=O)c1cc(-c2ccc(-n3cc(C(C)(C)O)nc3C(C)(C)c3cccc(F)c3Cl)cc2)cc(F)c1CO. The maximum atomic E-state index is 14.7. The van der Waals surface area contributed by atoms with Crippen LogP contribution in [-0.4, -0.2) is 31.1 Å². The molecule has 4 aromatic rings. The predicted molar refractivity (Wildman–Crippen MR) is 147 cm³/mol. The molecule has 1 heterocycles. The van der Waals surface area contributed by atoms with Gasteiger partial charge in [-0.2, -0.15) is 0 Å². The first-order chi connectivity index (χ1) is 18.3. The van der Waals surface area contributed by atoms with Gasteiger partial charge in [0.05, 0.1) is 29.3 Å². The Bertz CT molecular complexity index is 1550. The molecule has 0 bridgehead atoms. The van der Waals surface area contributed by atoms with Crippen LogP contribution in [-0.2, 0) is 32.9 Å². The molecule has 3 aromatic carbocycles. The number of imidazole rings is 1. The van der Waals surface area contributed by atoms with Crippen molar-refractivity contribution in [2.24, 2.45) is 0 Å². The van der Waals surface area contributed by atoms with Gasteiger partial charge in [-0.3, -0.25) is 4.18 Å². The van der Waals surface area contributed by atoms with Crippen LogP contribution in [0.15, 0.2) is 65.7 Å². The number of halogens is 3. The first kappa shape index (κ1) is 29.0. The van der Waals surface area contributed by atoms with Gasteiger partial charge in [-0.25, -0.2) is 18.0 Å². The van der Waals surface area contributed by atoms with Crippen LogP contribution in [0.3, 0.4) is 0 Å². The summed E-state index contributed by atoms with van der Waals surface area (Å²) in [5.74, 6) is -0.712. The third kappa shape index (κ3) is 5.55. The van der Waals surface area contributed by atoms with Crippen LogP contribution in [0.5, 0.6) is 0 Å². The Hall–Kier alpha value is -2.95. The molecule has 0 aliphatic rings. The Labute approximate surface area is 233 Å². The second kappa shape index (κ2) is 10.9. The quantitative estimate of drug-likeness (QED) is 0.262. The molecule has 1 atom stereocenters. The highest BCUT2D eigenvalue weighted by Crippen LogP contribution is 2.39. The highest BCUT2D eigenvalue weighted by atomic mass is 35.5. The number of rotatable bonds is 8. The summed E-state index contributed by atoms with van der Waals surface area (Å²) < 4.78 is 48.1. The highest BCUT2D eigenvalue weighted by molar-refractivity contribution is 7.80. The summed E-state index contributed by atoms with van der Waals surface area (Å²) in [6, 6.07) is 14.5. The molecule has 6 nitrogen and oxygen atoms in total. The van der Waals surface area contributed by atoms with Crippen molar-refractivity contribution in [3.63, 3.8) is 0 Å². The van der Waals surface area contributed by atoms with Gasteiger partial charge in [0.2, 0.25) is 0 Å². The molecule has 0 aliphatic carbocycles. The van der Waals surface area contributed by atoms with E-state index in [-0.39, 0.29) is 15.5 Å². The van der Waals surface area contributed by atoms with Gasteiger partial charge in [0.15, 0.2) is 11.1 Å². The van der Waals surface area contributed by atoms with E-state index in [0.29, 0.717) is 33.9 Å². The van der Waals surface area contributed by atoms with Crippen LogP contribution in [0.2, 0.25) is 5.02 Å². The van der Waals surface area contributed by atoms with Crippen LogP contribution >= 0.6 is 11.6 Å². The molecule has 0 aliphatic heterocycles. The van der Waals surface area contributed by atoms with Crippen LogP contribution in [0.25, 0.3) is 16.8 Å². The zero-order chi connectivity index (χ0) is 28.7. The third-order valence-corrected chi connectivity index (χ3v) is 8.05. The fourth-order valence-corrected chi connectivity index (χ4v) is 5.53. The molecule has 1 aromatic heterocycles. The predicted octanol–water partition coefficient (Wildman–Crippen LogP) is 6.19. The van der Waals surface area contributed by atoms with Gasteiger partial charge in [-0.1, -0.05) is 35.9 Å². The normalized spacial score (nSPS) is 13.1. The van der Waals surface area contributed by atoms with Gasteiger partial charge in [0, 0.05) is 22.9 Å². The van der Waals surface area contributed by atoms with E-state index >= 15 is 0 Å². The molecule has 0 saturated heterocycles. The topological polar surface area (TPSA) is 84.6 Å². The van der Waals surface area contributed by atoms with Crippen LogP contribution in [0, 0.1) is 11.6 Å². The summed E-state index contributed by atoms with van der Waals surface area (Å²) in [5, 5.41) is 20.3. The van der Waals surface area contributed by atoms with E-state index in [2.05, 4.69) is 0 Å². The van der Waals surface area contributed by atoms with Gasteiger partial charge in [-0.15, -0.1) is 0 Å². The number of aromatic nitrogens is 2. The maximum absolute atomic E-state index is 14.7. The number of hydrogen-bond donors (Lipinski definition) is 2. The van der Waals surface area contributed by atoms with E-state index in [1.807, 2.05) is 13.8 Å². The summed E-state index contributed by atoms with van der Waals surface area (Å²) in [6.45, 7) is 6.38. The fraction of sp³-hybridized carbons (Fsp3) is 0.276. The molecular weight excluding hydrogens is 546 g/mol. The standard InChI is InChI=1S/C29H29ClF2N2O4S/c1-28(2,21-7-6-8-22(31)26(21)30)27-33-25(29(3,4)36)15-34(27)19-11-9-17(10-12-19)18-13-23(32)20(16-35)24(14-18)39(37)38-5/h6-15,35-36H,16H2,1-5H3. The largest absolute Gasteiger partial charge is 0.392 e. The Morgan fingerprint density at radius 3 is 2.28 bits per heavy atom. The molecule has 0 radical (unpaired) electrons. The van der Waals surface area contributed by atoms with Crippen LogP contribution in [0.4, 0.5) is 8.78 Å². The van der Waals surface area contributed by atoms with Crippen LogP contribution in [0.1, 0.15) is 50.3 Å². The molecule has 2 N–H and O–H groups in total. The number of benzene rings is 3. The van der Waals surface area contributed by atoms with Gasteiger partial charge in [0.25, 0.3) is 0 Å². The number of nitrogens with zero attached hydrogens (tertiary/aromatic N) is 2. The van der Waals surface area contributed by atoms with E-state index in [4.69, 9.17) is 20.8 Å². The zero-order valence-electron chi connectivity index (χ0n) is 22.1. The number of hydrogen-bond acceptors (Lipinski definition) is 5. The summed E-state index contributed by atoms with van der Waals surface area (Å²) in [4.78, 5) is 4.79. The Morgan fingerprint density at radius 1 is 1.03 bits per heavy atom. The smallest absolute Gasteiger partial charge is 0.189 e. The molecule has 10 heteroatoms. The second-order valence-electron chi connectivity index (χ2n) is 10.1. The number of aliphatic hydroxyl groups is 2. The maximum Gasteiger partial charge on any atom is 0.189 e. The average molecular weight is 575 g/mol. The monoisotopic (exact) mass is 574 g/mol. The van der Waals surface area contributed by atoms with E-state index in [1.165, 1.54) is 25.3 Å². The molecule has 1 unspecified atom stereocenters. The molecule has 0 spiro atoms. The molecule has 0 fully saturated rings. The average Bonchev–Trinajstić information content (AvgIpc) is 3.37. The van der Waals surface area contributed by atoms with E-state index < -0.39 is 40.3 Å². The van der Waals surface area contributed by atoms with Gasteiger partial charge in [0.1, 0.15) is 23.1 Å². The lowest BCUT2D eigenvalue weighted by molar-refractivity contribution is 0.0740. The summed E-state index contributed by atoms with van der Waals surface area (Å²) >= 11 is 4.41. The Morgan fingerprint density at radius 2 is 1.69 bits per heavy atom. The van der Waals surface area contributed by atoms with Crippen molar-refractivity contribution in [1.82, 2.24) is 9.55 Å². The van der Waals surface area contributed by atoms with E-state index in [1.54, 1.807) is 61.0 Å². The van der Waals surface area contributed by atoms with Gasteiger partial charge < -0.3 is 14.8 Å². The van der Waals surface area contributed by atoms with Crippen molar-refractivity contribution in [3.05, 3.63) is 100 Å². The molecule has 0 amide bonds. The molecule has 4 rings (SSSR count). The fourth-order valence-electron chi connectivity index (χ4n) is 4.40. The third-order valence-electron chi connectivity index (χ3n) is 6.64.